The third-order valence-corrected chi connectivity index (χ3v) is 6.76. The molecule has 0 bridgehead atoms. The number of aliphatic hydroxyl groups is 1. The second kappa shape index (κ2) is 8.28. The number of β-amino-alcohol motifs (C(OH)–C–C–N with tert-alkyl or cyclic N) is 1. The van der Waals surface area contributed by atoms with Crippen LogP contribution in [0, 0.1) is 12.3 Å². The number of aryl methyl sites for hydroxylation is 1. The number of nitrogens with zero attached hydrogens (tertiary/aromatic N) is 5. The SMILES string of the molecule is CSc1ncccc1C(=O)N1CCC2(CC1)CC(O)CN(c1cc(C)ncn1)C2. The molecular weight excluding hydrogens is 386 g/mol. The summed E-state index contributed by atoms with van der Waals surface area (Å²) in [7, 11) is 0. The van der Waals surface area contributed by atoms with Gasteiger partial charge in [0.2, 0.25) is 0 Å². The van der Waals surface area contributed by atoms with Gasteiger partial charge in [-0.15, -0.1) is 11.8 Å². The number of hydrogen-bond donors (Lipinski definition) is 1. The number of aromatic nitrogens is 3. The molecule has 0 saturated carbocycles. The van der Waals surface area contributed by atoms with Crippen molar-refractivity contribution in [3.8, 4) is 0 Å². The number of hydrogen-bond acceptors (Lipinski definition) is 7. The Bertz CT molecular complexity index is 885. The van der Waals surface area contributed by atoms with Gasteiger partial charge in [-0.3, -0.25) is 4.79 Å². The number of anilines is 1. The molecule has 29 heavy (non-hydrogen) atoms. The average molecular weight is 414 g/mol. The van der Waals surface area contributed by atoms with E-state index >= 15 is 0 Å². The molecule has 1 unspecified atom stereocenters. The summed E-state index contributed by atoms with van der Waals surface area (Å²) in [5, 5.41) is 11.3. The van der Waals surface area contributed by atoms with E-state index in [9.17, 15) is 9.90 Å². The number of carbonyl (C=O) groups is 1. The number of thioether (sulfide) groups is 1. The predicted octanol–water partition coefficient (Wildman–Crippen LogP) is 2.40. The molecule has 1 amide bonds. The van der Waals surface area contributed by atoms with Crippen molar-refractivity contribution in [3.63, 3.8) is 0 Å². The van der Waals surface area contributed by atoms with Crippen LogP contribution in [0.15, 0.2) is 35.7 Å². The van der Waals surface area contributed by atoms with Gasteiger partial charge in [0.15, 0.2) is 0 Å². The topological polar surface area (TPSA) is 82.5 Å². The van der Waals surface area contributed by atoms with Gasteiger partial charge in [0, 0.05) is 44.1 Å². The third kappa shape index (κ3) is 4.23. The van der Waals surface area contributed by atoms with E-state index in [-0.39, 0.29) is 17.4 Å². The Hall–Kier alpha value is -2.19. The molecule has 0 aromatic carbocycles. The molecule has 1 atom stereocenters. The maximum absolute atomic E-state index is 13.0. The van der Waals surface area contributed by atoms with E-state index in [1.165, 1.54) is 11.8 Å². The van der Waals surface area contributed by atoms with Crippen LogP contribution in [0.5, 0.6) is 0 Å². The van der Waals surface area contributed by atoms with Crippen molar-refractivity contribution in [1.29, 1.82) is 0 Å². The highest BCUT2D eigenvalue weighted by Gasteiger charge is 2.43. The molecule has 154 valence electrons. The van der Waals surface area contributed by atoms with Crippen molar-refractivity contribution < 1.29 is 9.90 Å². The quantitative estimate of drug-likeness (QED) is 0.774. The smallest absolute Gasteiger partial charge is 0.256 e. The third-order valence-electron chi connectivity index (χ3n) is 6.05. The van der Waals surface area contributed by atoms with Gasteiger partial charge in [-0.1, -0.05) is 0 Å². The standard InChI is InChI=1S/C21H27N5O2S/c1-15-10-18(24-14-23-15)26-12-16(27)11-21(13-26)5-8-25(9-6-21)20(28)17-4-3-7-22-19(17)29-2/h3-4,7,10,14,16,27H,5-6,8-9,11-13H2,1-2H3. The molecule has 1 spiro atoms. The molecule has 2 aromatic heterocycles. The fraction of sp³-hybridized carbons (Fsp3) is 0.524. The lowest BCUT2D eigenvalue weighted by Crippen LogP contribution is -2.54. The van der Waals surface area contributed by atoms with E-state index in [0.29, 0.717) is 25.2 Å². The zero-order valence-corrected chi connectivity index (χ0v) is 17.7. The van der Waals surface area contributed by atoms with Crippen LogP contribution in [0.25, 0.3) is 0 Å². The van der Waals surface area contributed by atoms with Crippen LogP contribution in [0.3, 0.4) is 0 Å². The van der Waals surface area contributed by atoms with Gasteiger partial charge >= 0.3 is 0 Å². The highest BCUT2D eigenvalue weighted by Crippen LogP contribution is 2.41. The van der Waals surface area contributed by atoms with E-state index in [1.807, 2.05) is 36.3 Å². The number of pyridine rings is 1. The number of carbonyl (C=O) groups excluding carboxylic acids is 1. The fourth-order valence-corrected chi connectivity index (χ4v) is 5.12. The molecule has 4 rings (SSSR count). The Morgan fingerprint density at radius 3 is 2.79 bits per heavy atom. The second-order valence-electron chi connectivity index (χ2n) is 8.11. The lowest BCUT2D eigenvalue weighted by Gasteiger charge is -2.49. The predicted molar refractivity (Wildman–Crippen MR) is 113 cm³/mol. The second-order valence-corrected chi connectivity index (χ2v) is 8.90. The molecule has 2 aliphatic heterocycles. The van der Waals surface area contributed by atoms with Crippen LogP contribution in [0.2, 0.25) is 0 Å². The Labute approximate surface area is 175 Å². The first-order valence-electron chi connectivity index (χ1n) is 10.00. The first-order chi connectivity index (χ1) is 14.0. The van der Waals surface area contributed by atoms with Crippen molar-refractivity contribution in [2.45, 2.75) is 37.3 Å². The van der Waals surface area contributed by atoms with Crippen LogP contribution in [-0.4, -0.2) is 69.4 Å². The number of aliphatic hydroxyl groups excluding tert-OH is 1. The van der Waals surface area contributed by atoms with Crippen LogP contribution in [0.4, 0.5) is 5.82 Å². The zero-order chi connectivity index (χ0) is 20.4. The molecule has 1 N–H and O–H groups in total. The van der Waals surface area contributed by atoms with Gasteiger partial charge in [0.25, 0.3) is 5.91 Å². The number of rotatable bonds is 3. The summed E-state index contributed by atoms with van der Waals surface area (Å²) in [5.74, 6) is 0.922. The average Bonchev–Trinajstić information content (AvgIpc) is 2.73. The molecule has 2 saturated heterocycles. The highest BCUT2D eigenvalue weighted by molar-refractivity contribution is 7.98. The van der Waals surface area contributed by atoms with E-state index < -0.39 is 0 Å². The molecular formula is C21H27N5O2S. The Morgan fingerprint density at radius 2 is 2.07 bits per heavy atom. The highest BCUT2D eigenvalue weighted by atomic mass is 32.2. The lowest BCUT2D eigenvalue weighted by atomic mass is 9.71. The monoisotopic (exact) mass is 413 g/mol. The summed E-state index contributed by atoms with van der Waals surface area (Å²) in [5.41, 5.74) is 1.60. The van der Waals surface area contributed by atoms with Crippen molar-refractivity contribution >= 4 is 23.5 Å². The Kier molecular flexibility index (Phi) is 5.74. The van der Waals surface area contributed by atoms with E-state index in [4.69, 9.17) is 0 Å². The maximum Gasteiger partial charge on any atom is 0.256 e. The van der Waals surface area contributed by atoms with Gasteiger partial charge in [0.1, 0.15) is 17.2 Å². The first-order valence-corrected chi connectivity index (χ1v) is 11.2. The van der Waals surface area contributed by atoms with Crippen LogP contribution >= 0.6 is 11.8 Å². The Balaban J connectivity index is 1.47. The Morgan fingerprint density at radius 1 is 1.28 bits per heavy atom. The minimum absolute atomic E-state index is 0.00454. The molecule has 8 heteroatoms. The van der Waals surface area contributed by atoms with Crippen molar-refractivity contribution in [2.75, 3.05) is 37.3 Å². The minimum atomic E-state index is -0.386. The maximum atomic E-state index is 13.0. The fourth-order valence-electron chi connectivity index (χ4n) is 4.57. The summed E-state index contributed by atoms with van der Waals surface area (Å²) in [6, 6.07) is 5.64. The number of likely N-dealkylation sites (tertiary alicyclic amines) is 1. The summed E-state index contributed by atoms with van der Waals surface area (Å²) in [4.78, 5) is 30.0. The van der Waals surface area contributed by atoms with Gasteiger partial charge in [0.05, 0.1) is 11.7 Å². The molecule has 2 fully saturated rings. The van der Waals surface area contributed by atoms with Gasteiger partial charge < -0.3 is 14.9 Å². The minimum Gasteiger partial charge on any atom is -0.391 e. The van der Waals surface area contributed by atoms with Crippen molar-refractivity contribution in [3.05, 3.63) is 42.0 Å². The van der Waals surface area contributed by atoms with Gasteiger partial charge in [-0.2, -0.15) is 0 Å². The van der Waals surface area contributed by atoms with Crippen LogP contribution in [-0.2, 0) is 0 Å². The number of piperidine rings is 2. The molecule has 2 aromatic rings. The zero-order valence-electron chi connectivity index (χ0n) is 16.9. The number of amides is 1. The summed E-state index contributed by atoms with van der Waals surface area (Å²) >= 11 is 1.50. The van der Waals surface area contributed by atoms with Crippen molar-refractivity contribution in [2.24, 2.45) is 5.41 Å². The van der Waals surface area contributed by atoms with E-state index in [2.05, 4.69) is 19.9 Å². The molecule has 0 aliphatic carbocycles. The van der Waals surface area contributed by atoms with E-state index in [0.717, 1.165) is 42.3 Å². The van der Waals surface area contributed by atoms with Crippen molar-refractivity contribution in [1.82, 2.24) is 19.9 Å². The van der Waals surface area contributed by atoms with Gasteiger partial charge in [-0.05, 0) is 50.0 Å². The van der Waals surface area contributed by atoms with Crippen LogP contribution < -0.4 is 4.90 Å². The molecule has 0 radical (unpaired) electrons. The molecule has 7 nitrogen and oxygen atoms in total. The first kappa shape index (κ1) is 20.1. The largest absolute Gasteiger partial charge is 0.391 e. The van der Waals surface area contributed by atoms with Gasteiger partial charge in [-0.25, -0.2) is 15.0 Å². The normalized spacial score (nSPS) is 21.4. The lowest BCUT2D eigenvalue weighted by molar-refractivity contribution is 0.0245. The summed E-state index contributed by atoms with van der Waals surface area (Å²) in [6.45, 7) is 4.79. The summed E-state index contributed by atoms with van der Waals surface area (Å²) < 4.78 is 0. The molecule has 4 heterocycles. The van der Waals surface area contributed by atoms with Crippen LogP contribution in [0.1, 0.15) is 35.3 Å². The van der Waals surface area contributed by atoms with E-state index in [1.54, 1.807) is 12.5 Å². The summed E-state index contributed by atoms with van der Waals surface area (Å²) in [6.07, 6.45) is 7.40. The molecule has 2 aliphatic rings.